The molecule has 1 saturated heterocycles. The monoisotopic (exact) mass is 446 g/mol. The van der Waals surface area contributed by atoms with E-state index in [4.69, 9.17) is 0 Å². The van der Waals surface area contributed by atoms with Crippen molar-refractivity contribution in [2.45, 2.75) is 19.4 Å². The normalized spacial score (nSPS) is 14.6. The highest BCUT2D eigenvalue weighted by atomic mass is 16.2. The molecule has 1 N–H and O–H groups in total. The van der Waals surface area contributed by atoms with Gasteiger partial charge >= 0.3 is 0 Å². The minimum absolute atomic E-state index is 0.0486. The average Bonchev–Trinajstić information content (AvgIpc) is 3.20. The number of carbonyl (C=O) groups is 2. The number of hydrogen-bond acceptors (Lipinski definition) is 5. The molecule has 4 rings (SSSR count). The Morgan fingerprint density at radius 2 is 1.70 bits per heavy atom. The molecular weight excluding hydrogens is 416 g/mol. The molecule has 3 aromatic rings. The van der Waals surface area contributed by atoms with Gasteiger partial charge in [0.15, 0.2) is 5.69 Å². The lowest BCUT2D eigenvalue weighted by atomic mass is 10.0. The molecule has 8 nitrogen and oxygen atoms in total. The van der Waals surface area contributed by atoms with Gasteiger partial charge in [0.2, 0.25) is 5.91 Å². The van der Waals surface area contributed by atoms with Gasteiger partial charge in [0.1, 0.15) is 0 Å². The van der Waals surface area contributed by atoms with Crippen LogP contribution in [0.4, 0.5) is 0 Å². The number of likely N-dealkylation sites (N-methyl/N-ethyl adjacent to an activating group) is 1. The fourth-order valence-corrected chi connectivity index (χ4v) is 3.92. The van der Waals surface area contributed by atoms with Gasteiger partial charge < -0.3 is 15.1 Å². The fourth-order valence-electron chi connectivity index (χ4n) is 3.92. The van der Waals surface area contributed by atoms with Crippen LogP contribution >= 0.6 is 0 Å². The zero-order valence-corrected chi connectivity index (χ0v) is 19.0. The summed E-state index contributed by atoms with van der Waals surface area (Å²) in [5.74, 6) is -0.132. The molecule has 1 aliphatic heterocycles. The molecule has 172 valence electrons. The number of rotatable bonds is 7. The minimum atomic E-state index is -0.0838. The SMILES string of the molecule is CN1CCCN(C(=O)c2cn(CCNC(=O)Cc3ccc(-c4ccccc4)cc3)nn2)CC1. The number of hydrogen-bond donors (Lipinski definition) is 1. The maximum absolute atomic E-state index is 12.7. The quantitative estimate of drug-likeness (QED) is 0.601. The number of amides is 2. The van der Waals surface area contributed by atoms with Crippen molar-refractivity contribution in [1.82, 2.24) is 30.1 Å². The van der Waals surface area contributed by atoms with E-state index in [1.165, 1.54) is 0 Å². The summed E-state index contributed by atoms with van der Waals surface area (Å²) in [7, 11) is 2.07. The summed E-state index contributed by atoms with van der Waals surface area (Å²) in [5.41, 5.74) is 3.60. The van der Waals surface area contributed by atoms with E-state index < -0.39 is 0 Å². The Balaban J connectivity index is 1.22. The standard InChI is InChI=1S/C25H30N6O2/c1-29-13-5-14-30(17-16-29)25(33)23-19-31(28-27-23)15-12-26-24(32)18-20-8-10-22(11-9-20)21-6-3-2-4-7-21/h2-4,6-11,19H,5,12-18H2,1H3,(H,26,32). The third-order valence-electron chi connectivity index (χ3n) is 5.85. The summed E-state index contributed by atoms with van der Waals surface area (Å²) < 4.78 is 1.60. The second kappa shape index (κ2) is 10.9. The highest BCUT2D eigenvalue weighted by Gasteiger charge is 2.21. The molecule has 0 radical (unpaired) electrons. The molecule has 0 spiro atoms. The molecule has 0 atom stereocenters. The van der Waals surface area contributed by atoms with Crippen LogP contribution in [0.5, 0.6) is 0 Å². The average molecular weight is 447 g/mol. The van der Waals surface area contributed by atoms with E-state index in [9.17, 15) is 9.59 Å². The van der Waals surface area contributed by atoms with Crippen molar-refractivity contribution < 1.29 is 9.59 Å². The highest BCUT2D eigenvalue weighted by Crippen LogP contribution is 2.19. The Hall–Kier alpha value is -3.52. The van der Waals surface area contributed by atoms with Crippen LogP contribution in [-0.2, 0) is 17.8 Å². The molecule has 1 fully saturated rings. The van der Waals surface area contributed by atoms with Crippen LogP contribution in [0.25, 0.3) is 11.1 Å². The first-order valence-electron chi connectivity index (χ1n) is 11.4. The van der Waals surface area contributed by atoms with Crippen molar-refractivity contribution in [2.75, 3.05) is 39.8 Å². The predicted octanol–water partition coefficient (Wildman–Crippen LogP) is 2.08. The van der Waals surface area contributed by atoms with Crippen LogP contribution in [0, 0.1) is 0 Å². The smallest absolute Gasteiger partial charge is 0.276 e. The van der Waals surface area contributed by atoms with Gasteiger partial charge in [0, 0.05) is 26.2 Å². The summed E-state index contributed by atoms with van der Waals surface area (Å²) in [6.07, 6.45) is 2.93. The maximum atomic E-state index is 12.7. The van der Waals surface area contributed by atoms with Crippen molar-refractivity contribution in [3.63, 3.8) is 0 Å². The Morgan fingerprint density at radius 3 is 2.48 bits per heavy atom. The topological polar surface area (TPSA) is 83.4 Å². The van der Waals surface area contributed by atoms with E-state index >= 15 is 0 Å². The molecular formula is C25H30N6O2. The molecule has 2 heterocycles. The number of nitrogens with zero attached hydrogens (tertiary/aromatic N) is 5. The van der Waals surface area contributed by atoms with Crippen LogP contribution in [0.1, 0.15) is 22.5 Å². The summed E-state index contributed by atoms with van der Waals surface area (Å²) >= 11 is 0. The summed E-state index contributed by atoms with van der Waals surface area (Å²) in [4.78, 5) is 29.1. The van der Waals surface area contributed by atoms with Crippen LogP contribution in [-0.4, -0.2) is 76.4 Å². The first-order chi connectivity index (χ1) is 16.1. The Labute approximate surface area is 194 Å². The third kappa shape index (κ3) is 6.26. The van der Waals surface area contributed by atoms with Gasteiger partial charge in [-0.1, -0.05) is 59.8 Å². The van der Waals surface area contributed by atoms with Crippen molar-refractivity contribution >= 4 is 11.8 Å². The van der Waals surface area contributed by atoms with Gasteiger partial charge in [0.05, 0.1) is 19.2 Å². The lowest BCUT2D eigenvalue weighted by Gasteiger charge is -2.18. The van der Waals surface area contributed by atoms with Crippen molar-refractivity contribution in [1.29, 1.82) is 0 Å². The van der Waals surface area contributed by atoms with Crippen molar-refractivity contribution in [3.8, 4) is 11.1 Å². The van der Waals surface area contributed by atoms with E-state index in [0.717, 1.165) is 42.7 Å². The second-order valence-corrected chi connectivity index (χ2v) is 8.41. The van der Waals surface area contributed by atoms with Crippen molar-refractivity contribution in [3.05, 3.63) is 72.1 Å². The molecule has 0 bridgehead atoms. The van der Waals surface area contributed by atoms with E-state index in [1.54, 1.807) is 10.9 Å². The lowest BCUT2D eigenvalue weighted by Crippen LogP contribution is -2.34. The van der Waals surface area contributed by atoms with E-state index in [-0.39, 0.29) is 11.8 Å². The van der Waals surface area contributed by atoms with Crippen LogP contribution in [0.2, 0.25) is 0 Å². The van der Waals surface area contributed by atoms with Crippen LogP contribution in [0.15, 0.2) is 60.8 Å². The zero-order chi connectivity index (χ0) is 23.0. The van der Waals surface area contributed by atoms with Gasteiger partial charge in [-0.2, -0.15) is 0 Å². The Morgan fingerprint density at radius 1 is 0.939 bits per heavy atom. The summed E-state index contributed by atoms with van der Waals surface area (Å²) in [6, 6.07) is 18.2. The van der Waals surface area contributed by atoms with Gasteiger partial charge in [0.25, 0.3) is 5.91 Å². The second-order valence-electron chi connectivity index (χ2n) is 8.41. The molecule has 1 aliphatic rings. The van der Waals surface area contributed by atoms with Gasteiger partial charge in [-0.25, -0.2) is 4.68 Å². The van der Waals surface area contributed by atoms with Crippen molar-refractivity contribution in [2.24, 2.45) is 0 Å². The fraction of sp³-hybridized carbons (Fsp3) is 0.360. The number of benzene rings is 2. The molecule has 1 aromatic heterocycles. The summed E-state index contributed by atoms with van der Waals surface area (Å²) in [5, 5.41) is 11.0. The molecule has 0 saturated carbocycles. The first kappa shape index (κ1) is 22.7. The van der Waals surface area contributed by atoms with E-state index in [0.29, 0.717) is 31.7 Å². The van der Waals surface area contributed by atoms with Gasteiger partial charge in [-0.3, -0.25) is 9.59 Å². The summed E-state index contributed by atoms with van der Waals surface area (Å²) in [6.45, 7) is 4.17. The van der Waals surface area contributed by atoms with E-state index in [1.807, 2.05) is 47.4 Å². The number of aromatic nitrogens is 3. The predicted molar refractivity (Wildman–Crippen MR) is 127 cm³/mol. The first-order valence-corrected chi connectivity index (χ1v) is 11.4. The van der Waals surface area contributed by atoms with E-state index in [2.05, 4.69) is 39.7 Å². The van der Waals surface area contributed by atoms with Gasteiger partial charge in [-0.15, -0.1) is 5.10 Å². The van der Waals surface area contributed by atoms with Crippen LogP contribution in [0.3, 0.4) is 0 Å². The molecule has 2 aromatic carbocycles. The molecule has 8 heteroatoms. The Bertz CT molecular complexity index is 1060. The largest absolute Gasteiger partial charge is 0.354 e. The number of carbonyl (C=O) groups excluding carboxylic acids is 2. The third-order valence-corrected chi connectivity index (χ3v) is 5.85. The maximum Gasteiger partial charge on any atom is 0.276 e. The molecule has 2 amide bonds. The number of nitrogens with one attached hydrogen (secondary N) is 1. The zero-order valence-electron chi connectivity index (χ0n) is 19.0. The Kier molecular flexibility index (Phi) is 7.47. The molecule has 0 aliphatic carbocycles. The highest BCUT2D eigenvalue weighted by molar-refractivity contribution is 5.92. The minimum Gasteiger partial charge on any atom is -0.354 e. The molecule has 33 heavy (non-hydrogen) atoms. The lowest BCUT2D eigenvalue weighted by molar-refractivity contribution is -0.120. The van der Waals surface area contributed by atoms with Gasteiger partial charge in [-0.05, 0) is 36.7 Å². The molecule has 0 unspecified atom stereocenters. The van der Waals surface area contributed by atoms with Crippen LogP contribution < -0.4 is 5.32 Å².